The van der Waals surface area contributed by atoms with E-state index in [4.69, 9.17) is 9.84 Å². The Morgan fingerprint density at radius 2 is 2.00 bits per heavy atom. The number of unbranched alkanes of at least 4 members (excludes halogenated alkanes) is 3. The molecule has 0 bridgehead atoms. The fourth-order valence-corrected chi connectivity index (χ4v) is 2.97. The molecule has 1 saturated heterocycles. The average Bonchev–Trinajstić information content (AvgIpc) is 2.96. The number of rotatable bonds is 13. The third-order valence-electron chi connectivity index (χ3n) is 4.55. The molecule has 0 spiro atoms. The molecule has 150 valence electrons. The summed E-state index contributed by atoms with van der Waals surface area (Å²) in [7, 11) is 0. The van der Waals surface area contributed by atoms with Crippen molar-refractivity contribution in [2.75, 3.05) is 0 Å². The molecule has 6 heteroatoms. The van der Waals surface area contributed by atoms with Gasteiger partial charge in [0.25, 0.3) is 0 Å². The van der Waals surface area contributed by atoms with E-state index in [9.17, 15) is 20.1 Å². The van der Waals surface area contributed by atoms with E-state index in [1.54, 1.807) is 12.2 Å². The Morgan fingerprint density at radius 3 is 2.69 bits per heavy atom. The number of carbonyl (C=O) groups is 1. The van der Waals surface area contributed by atoms with Crippen LogP contribution in [0, 0.1) is 0 Å². The molecule has 5 atom stereocenters. The Hall–Kier alpha value is -1.21. The van der Waals surface area contributed by atoms with Crippen LogP contribution in [0.3, 0.4) is 0 Å². The number of aliphatic hydroxyl groups is 3. The molecule has 0 aliphatic carbocycles. The number of carboxylic acid groups (broad SMARTS) is 1. The van der Waals surface area contributed by atoms with Crippen LogP contribution in [0.15, 0.2) is 24.3 Å². The summed E-state index contributed by atoms with van der Waals surface area (Å²) in [6, 6.07) is 0. The van der Waals surface area contributed by atoms with Gasteiger partial charge >= 0.3 is 5.97 Å². The summed E-state index contributed by atoms with van der Waals surface area (Å²) in [4.78, 5) is 10.5. The van der Waals surface area contributed by atoms with E-state index in [1.165, 1.54) is 12.8 Å². The van der Waals surface area contributed by atoms with Crippen LogP contribution in [0.25, 0.3) is 0 Å². The van der Waals surface area contributed by atoms with Gasteiger partial charge in [0.2, 0.25) is 0 Å². The van der Waals surface area contributed by atoms with E-state index in [0.717, 1.165) is 12.8 Å². The molecule has 0 amide bonds. The number of aliphatic hydroxyl groups excluding tert-OH is 3. The molecular weight excluding hydrogens is 336 g/mol. The summed E-state index contributed by atoms with van der Waals surface area (Å²) in [5.41, 5.74) is 0. The summed E-state index contributed by atoms with van der Waals surface area (Å²) in [5.74, 6) is -0.890. The van der Waals surface area contributed by atoms with E-state index < -0.39 is 36.5 Å². The first-order chi connectivity index (χ1) is 12.4. The molecule has 1 fully saturated rings. The summed E-state index contributed by atoms with van der Waals surface area (Å²) in [6.07, 6.45) is 10.2. The van der Waals surface area contributed by atoms with Crippen molar-refractivity contribution in [3.05, 3.63) is 24.3 Å². The Kier molecular flexibility index (Phi) is 11.4. The number of allylic oxidation sites excluding steroid dienone is 1. The van der Waals surface area contributed by atoms with Gasteiger partial charge in [-0.2, -0.15) is 0 Å². The van der Waals surface area contributed by atoms with Gasteiger partial charge in [-0.05, 0) is 32.1 Å². The van der Waals surface area contributed by atoms with Crippen molar-refractivity contribution in [3.8, 4) is 0 Å². The van der Waals surface area contributed by atoms with Crippen molar-refractivity contribution in [2.24, 2.45) is 0 Å². The lowest BCUT2D eigenvalue weighted by Crippen LogP contribution is -2.26. The molecule has 1 aliphatic rings. The largest absolute Gasteiger partial charge is 0.481 e. The molecule has 1 heterocycles. The van der Waals surface area contributed by atoms with Crippen LogP contribution in [0.1, 0.15) is 64.7 Å². The second-order valence-electron chi connectivity index (χ2n) is 6.95. The fraction of sp³-hybridized carbons (Fsp3) is 0.750. The second kappa shape index (κ2) is 13.0. The van der Waals surface area contributed by atoms with Crippen molar-refractivity contribution < 1.29 is 30.0 Å². The Bertz CT molecular complexity index is 448. The normalized spacial score (nSPS) is 25.9. The quantitative estimate of drug-likeness (QED) is 0.293. The topological polar surface area (TPSA) is 107 Å². The molecule has 1 rings (SSSR count). The monoisotopic (exact) mass is 370 g/mol. The first kappa shape index (κ1) is 22.8. The predicted molar refractivity (Wildman–Crippen MR) is 99.8 cm³/mol. The van der Waals surface area contributed by atoms with Crippen molar-refractivity contribution in [3.63, 3.8) is 0 Å². The highest BCUT2D eigenvalue weighted by Crippen LogP contribution is 2.26. The van der Waals surface area contributed by atoms with Crippen molar-refractivity contribution in [1.82, 2.24) is 0 Å². The molecule has 4 N–H and O–H groups in total. The lowest BCUT2D eigenvalue weighted by atomic mass is 10.0. The number of hydrogen-bond acceptors (Lipinski definition) is 5. The van der Waals surface area contributed by atoms with Crippen LogP contribution < -0.4 is 0 Å². The molecule has 0 aromatic carbocycles. The van der Waals surface area contributed by atoms with Gasteiger partial charge in [0.15, 0.2) is 0 Å². The van der Waals surface area contributed by atoms with E-state index >= 15 is 0 Å². The number of aliphatic carboxylic acids is 1. The zero-order chi connectivity index (χ0) is 19.4. The first-order valence-electron chi connectivity index (χ1n) is 9.68. The van der Waals surface area contributed by atoms with Gasteiger partial charge in [-0.15, -0.1) is 0 Å². The Morgan fingerprint density at radius 1 is 1.23 bits per heavy atom. The van der Waals surface area contributed by atoms with E-state index in [2.05, 4.69) is 13.0 Å². The lowest BCUT2D eigenvalue weighted by molar-refractivity contribution is -0.137. The highest BCUT2D eigenvalue weighted by Gasteiger charge is 2.36. The zero-order valence-electron chi connectivity index (χ0n) is 15.7. The van der Waals surface area contributed by atoms with Gasteiger partial charge in [0, 0.05) is 12.8 Å². The van der Waals surface area contributed by atoms with Crippen LogP contribution >= 0.6 is 0 Å². The molecule has 0 aromatic rings. The standard InChI is InChI=1S/C20H34O6/c1-2-3-4-5-6-7-9-15(21)12-13-18-17(23)14-19(26-18)16(22)10-8-11-20(24)25/h6-7,12-13,15-19,21-23H,2-5,8-11,14H2,1H3,(H,24,25)/b7-6-,13-12+/t15-,16+,17-,18-,19+/m1/s1. The van der Waals surface area contributed by atoms with Crippen LogP contribution in [-0.4, -0.2) is 56.9 Å². The van der Waals surface area contributed by atoms with Crippen LogP contribution in [0.5, 0.6) is 0 Å². The summed E-state index contributed by atoms with van der Waals surface area (Å²) in [6.45, 7) is 2.16. The summed E-state index contributed by atoms with van der Waals surface area (Å²) in [5, 5.41) is 38.7. The minimum absolute atomic E-state index is 0.00776. The van der Waals surface area contributed by atoms with Crippen molar-refractivity contribution >= 4 is 5.97 Å². The third-order valence-corrected chi connectivity index (χ3v) is 4.55. The highest BCUT2D eigenvalue weighted by atomic mass is 16.5. The zero-order valence-corrected chi connectivity index (χ0v) is 15.7. The fourth-order valence-electron chi connectivity index (χ4n) is 2.97. The molecule has 1 aliphatic heterocycles. The summed E-state index contributed by atoms with van der Waals surface area (Å²) < 4.78 is 5.65. The maximum Gasteiger partial charge on any atom is 0.303 e. The van der Waals surface area contributed by atoms with E-state index in [0.29, 0.717) is 25.7 Å². The highest BCUT2D eigenvalue weighted by molar-refractivity contribution is 5.66. The number of ether oxygens (including phenoxy) is 1. The Labute approximate surface area is 156 Å². The van der Waals surface area contributed by atoms with Crippen LogP contribution in [0.2, 0.25) is 0 Å². The molecule has 0 aromatic heterocycles. The molecule has 0 radical (unpaired) electrons. The first-order valence-corrected chi connectivity index (χ1v) is 9.68. The third kappa shape index (κ3) is 9.48. The molecule has 6 nitrogen and oxygen atoms in total. The average molecular weight is 370 g/mol. The van der Waals surface area contributed by atoms with Crippen LogP contribution in [-0.2, 0) is 9.53 Å². The van der Waals surface area contributed by atoms with Crippen molar-refractivity contribution in [2.45, 2.75) is 95.2 Å². The molecular formula is C20H34O6. The maximum atomic E-state index is 10.5. The van der Waals surface area contributed by atoms with Gasteiger partial charge in [0.1, 0.15) is 6.10 Å². The smallest absolute Gasteiger partial charge is 0.303 e. The van der Waals surface area contributed by atoms with Crippen LogP contribution in [0.4, 0.5) is 0 Å². The van der Waals surface area contributed by atoms with Gasteiger partial charge in [-0.1, -0.05) is 44.1 Å². The molecule has 0 unspecified atom stereocenters. The van der Waals surface area contributed by atoms with Gasteiger partial charge in [-0.25, -0.2) is 0 Å². The molecule has 26 heavy (non-hydrogen) atoms. The number of hydrogen-bond donors (Lipinski definition) is 4. The van der Waals surface area contributed by atoms with Gasteiger partial charge < -0.3 is 25.2 Å². The lowest BCUT2D eigenvalue weighted by Gasteiger charge is -2.17. The minimum atomic E-state index is -0.890. The summed E-state index contributed by atoms with van der Waals surface area (Å²) >= 11 is 0. The Balaban J connectivity index is 2.31. The predicted octanol–water partition coefficient (Wildman–Crippen LogP) is 2.56. The van der Waals surface area contributed by atoms with Gasteiger partial charge in [0.05, 0.1) is 24.4 Å². The SMILES string of the molecule is CCCCC/C=C\C[C@@H](O)/C=C/[C@H]1O[C@H]([C@@H](O)CCCC(=O)O)C[C@H]1O. The van der Waals surface area contributed by atoms with Gasteiger partial charge in [-0.3, -0.25) is 4.79 Å². The van der Waals surface area contributed by atoms with Crippen molar-refractivity contribution in [1.29, 1.82) is 0 Å². The van der Waals surface area contributed by atoms with E-state index in [-0.39, 0.29) is 6.42 Å². The second-order valence-corrected chi connectivity index (χ2v) is 6.95. The van der Waals surface area contributed by atoms with E-state index in [1.807, 2.05) is 6.08 Å². The number of carboxylic acids is 1. The minimum Gasteiger partial charge on any atom is -0.481 e. The molecule has 0 saturated carbocycles. The maximum absolute atomic E-state index is 10.5.